The number of rotatable bonds is 5. The van der Waals surface area contributed by atoms with Crippen LogP contribution in [0.4, 0.5) is 22.2 Å². The van der Waals surface area contributed by atoms with Crippen LogP contribution in [0.3, 0.4) is 0 Å². The van der Waals surface area contributed by atoms with Gasteiger partial charge in [-0.05, 0) is 32.0 Å². The minimum Gasteiger partial charge on any atom is -0.465 e. The molecule has 1 aromatic heterocycles. The molecule has 1 fully saturated rings. The monoisotopic (exact) mass is 399 g/mol. The molecule has 1 saturated heterocycles. The molecule has 0 atom stereocenters. The highest BCUT2D eigenvalue weighted by Gasteiger charge is 2.23. The number of nitrogens with one attached hydrogen (secondary N) is 1. The molecule has 1 aromatic carbocycles. The first-order chi connectivity index (χ1) is 14.0. The minimum absolute atomic E-state index is 0.279. The zero-order valence-corrected chi connectivity index (χ0v) is 16.8. The quantitative estimate of drug-likeness (QED) is 0.767. The van der Waals surface area contributed by atoms with Gasteiger partial charge in [-0.25, -0.2) is 14.6 Å². The highest BCUT2D eigenvalue weighted by atomic mass is 16.6. The molecule has 2 heterocycles. The number of esters is 1. The molecule has 0 spiro atoms. The lowest BCUT2D eigenvalue weighted by atomic mass is 10.2. The number of benzene rings is 1. The number of amides is 1. The number of hydrogen-bond acceptors (Lipinski definition) is 8. The second kappa shape index (κ2) is 9.22. The second-order valence-corrected chi connectivity index (χ2v) is 6.56. The molecule has 0 bridgehead atoms. The van der Waals surface area contributed by atoms with Crippen LogP contribution in [0, 0.1) is 6.92 Å². The molecule has 29 heavy (non-hydrogen) atoms. The Hall–Kier alpha value is -3.36. The number of aromatic nitrogens is 2. The van der Waals surface area contributed by atoms with Crippen LogP contribution < -0.4 is 10.2 Å². The van der Waals surface area contributed by atoms with Crippen molar-refractivity contribution in [1.29, 1.82) is 0 Å². The van der Waals surface area contributed by atoms with Gasteiger partial charge in [-0.15, -0.1) is 0 Å². The van der Waals surface area contributed by atoms with Gasteiger partial charge in [-0.3, -0.25) is 0 Å². The Bertz CT molecular complexity index is 881. The predicted molar refractivity (Wildman–Crippen MR) is 109 cm³/mol. The number of aryl methyl sites for hydroxylation is 1. The van der Waals surface area contributed by atoms with Gasteiger partial charge >= 0.3 is 12.1 Å². The van der Waals surface area contributed by atoms with Gasteiger partial charge in [0.2, 0.25) is 5.95 Å². The minimum atomic E-state index is -0.404. The van der Waals surface area contributed by atoms with E-state index in [4.69, 9.17) is 9.47 Å². The number of ether oxygens (including phenoxy) is 2. The molecule has 3 rings (SSSR count). The average Bonchev–Trinajstić information content (AvgIpc) is 2.73. The van der Waals surface area contributed by atoms with E-state index in [9.17, 15) is 9.59 Å². The normalized spacial score (nSPS) is 13.8. The lowest BCUT2D eigenvalue weighted by Crippen LogP contribution is -2.49. The summed E-state index contributed by atoms with van der Waals surface area (Å²) >= 11 is 0. The Labute approximate surface area is 169 Å². The third-order valence-electron chi connectivity index (χ3n) is 4.51. The number of hydrogen-bond donors (Lipinski definition) is 1. The number of carbonyl (C=O) groups is 2. The van der Waals surface area contributed by atoms with E-state index in [2.05, 4.69) is 20.2 Å². The van der Waals surface area contributed by atoms with Crippen molar-refractivity contribution in [3.05, 3.63) is 41.6 Å². The molecule has 1 amide bonds. The molecule has 2 aromatic rings. The topological polar surface area (TPSA) is 96.9 Å². The Kier molecular flexibility index (Phi) is 6.48. The van der Waals surface area contributed by atoms with Crippen molar-refractivity contribution in [3.63, 3.8) is 0 Å². The fourth-order valence-electron chi connectivity index (χ4n) is 3.07. The van der Waals surface area contributed by atoms with Crippen molar-refractivity contribution in [2.75, 3.05) is 50.1 Å². The molecule has 0 unspecified atom stereocenters. The molecule has 1 N–H and O–H groups in total. The summed E-state index contributed by atoms with van der Waals surface area (Å²) in [5.74, 6) is 0.821. The van der Waals surface area contributed by atoms with Crippen LogP contribution in [0.5, 0.6) is 0 Å². The van der Waals surface area contributed by atoms with Crippen LogP contribution in [-0.2, 0) is 9.47 Å². The largest absolute Gasteiger partial charge is 0.465 e. The Morgan fingerprint density at radius 3 is 2.59 bits per heavy atom. The summed E-state index contributed by atoms with van der Waals surface area (Å²) in [6.07, 6.45) is -0.279. The molecule has 1 aliphatic rings. The first-order valence-corrected chi connectivity index (χ1v) is 9.48. The molecule has 0 radical (unpaired) electrons. The van der Waals surface area contributed by atoms with Gasteiger partial charge in [0.25, 0.3) is 0 Å². The van der Waals surface area contributed by atoms with Crippen molar-refractivity contribution in [1.82, 2.24) is 14.9 Å². The summed E-state index contributed by atoms with van der Waals surface area (Å²) < 4.78 is 9.82. The summed E-state index contributed by atoms with van der Waals surface area (Å²) in [6, 6.07) is 8.88. The highest BCUT2D eigenvalue weighted by molar-refractivity contribution is 5.90. The Morgan fingerprint density at radius 2 is 1.90 bits per heavy atom. The van der Waals surface area contributed by atoms with Gasteiger partial charge in [0.1, 0.15) is 5.82 Å². The van der Waals surface area contributed by atoms with Gasteiger partial charge < -0.3 is 24.6 Å². The van der Waals surface area contributed by atoms with Crippen LogP contribution in [-0.4, -0.2) is 66.8 Å². The Morgan fingerprint density at radius 1 is 1.14 bits per heavy atom. The first kappa shape index (κ1) is 20.4. The van der Waals surface area contributed by atoms with E-state index in [0.717, 1.165) is 11.5 Å². The molecule has 0 aliphatic carbocycles. The van der Waals surface area contributed by atoms with Crippen molar-refractivity contribution >= 4 is 29.5 Å². The van der Waals surface area contributed by atoms with E-state index < -0.39 is 5.97 Å². The number of piperazine rings is 1. The van der Waals surface area contributed by atoms with E-state index in [-0.39, 0.29) is 6.09 Å². The zero-order valence-electron chi connectivity index (χ0n) is 16.8. The molecule has 1 aliphatic heterocycles. The predicted octanol–water partition coefficient (Wildman–Crippen LogP) is 2.59. The van der Waals surface area contributed by atoms with Gasteiger partial charge in [-0.1, -0.05) is 6.07 Å². The van der Waals surface area contributed by atoms with E-state index in [0.29, 0.717) is 50.0 Å². The first-order valence-electron chi connectivity index (χ1n) is 9.48. The molecular formula is C20H25N5O4. The summed E-state index contributed by atoms with van der Waals surface area (Å²) in [4.78, 5) is 36.4. The molecule has 154 valence electrons. The molecule has 0 saturated carbocycles. The second-order valence-electron chi connectivity index (χ2n) is 6.56. The maximum atomic E-state index is 11.9. The Balaban J connectivity index is 1.71. The number of nitrogens with zero attached hydrogens (tertiary/aromatic N) is 4. The SMILES string of the molecule is CCOC(=O)N1CCN(c2cc(C)nc(Nc3cccc(C(=O)OC)c3)n2)CC1. The number of methoxy groups -OCH3 is 1. The van der Waals surface area contributed by atoms with E-state index >= 15 is 0 Å². The van der Waals surface area contributed by atoms with Crippen molar-refractivity contribution in [2.45, 2.75) is 13.8 Å². The summed E-state index contributed by atoms with van der Waals surface area (Å²) in [7, 11) is 1.35. The maximum Gasteiger partial charge on any atom is 0.409 e. The van der Waals surface area contributed by atoms with Crippen LogP contribution in [0.2, 0.25) is 0 Å². The average molecular weight is 399 g/mol. The molecular weight excluding hydrogens is 374 g/mol. The molecule has 9 nitrogen and oxygen atoms in total. The van der Waals surface area contributed by atoms with Gasteiger partial charge in [-0.2, -0.15) is 4.98 Å². The van der Waals surface area contributed by atoms with Crippen LogP contribution in [0.15, 0.2) is 30.3 Å². The van der Waals surface area contributed by atoms with Gasteiger partial charge in [0.05, 0.1) is 19.3 Å². The van der Waals surface area contributed by atoms with Crippen LogP contribution >= 0.6 is 0 Å². The fourth-order valence-corrected chi connectivity index (χ4v) is 3.07. The van der Waals surface area contributed by atoms with E-state index in [1.54, 1.807) is 30.0 Å². The number of anilines is 3. The zero-order chi connectivity index (χ0) is 20.8. The van der Waals surface area contributed by atoms with Crippen molar-refractivity contribution in [3.8, 4) is 0 Å². The van der Waals surface area contributed by atoms with Crippen LogP contribution in [0.1, 0.15) is 23.0 Å². The standard InChI is InChI=1S/C20H25N5O4/c1-4-29-20(27)25-10-8-24(9-11-25)17-12-14(2)21-19(23-17)22-16-7-5-6-15(13-16)18(26)28-3/h5-7,12-13H,4,8-11H2,1-3H3,(H,21,22,23). The third-order valence-corrected chi connectivity index (χ3v) is 4.51. The summed E-state index contributed by atoms with van der Waals surface area (Å²) in [5, 5.41) is 3.15. The van der Waals surface area contributed by atoms with Crippen molar-refractivity contribution < 1.29 is 19.1 Å². The maximum absolute atomic E-state index is 11.9. The summed E-state index contributed by atoms with van der Waals surface area (Å²) in [5.41, 5.74) is 1.95. The smallest absolute Gasteiger partial charge is 0.409 e. The number of carbonyl (C=O) groups excluding carboxylic acids is 2. The molecule has 9 heteroatoms. The fraction of sp³-hybridized carbons (Fsp3) is 0.400. The van der Waals surface area contributed by atoms with Crippen molar-refractivity contribution in [2.24, 2.45) is 0 Å². The lowest BCUT2D eigenvalue weighted by Gasteiger charge is -2.34. The summed E-state index contributed by atoms with van der Waals surface area (Å²) in [6.45, 7) is 6.54. The van der Waals surface area contributed by atoms with Crippen LogP contribution in [0.25, 0.3) is 0 Å². The highest BCUT2D eigenvalue weighted by Crippen LogP contribution is 2.20. The van der Waals surface area contributed by atoms with Gasteiger partial charge in [0.15, 0.2) is 0 Å². The van der Waals surface area contributed by atoms with E-state index in [1.807, 2.05) is 19.1 Å². The van der Waals surface area contributed by atoms with Gasteiger partial charge in [0, 0.05) is 43.6 Å². The van der Waals surface area contributed by atoms with E-state index in [1.165, 1.54) is 7.11 Å². The third kappa shape index (κ3) is 5.13. The lowest BCUT2D eigenvalue weighted by molar-refractivity contribution is 0.0600.